The number of carbonyl (C=O) groups excluding carboxylic acids is 1. The van der Waals surface area contributed by atoms with E-state index in [0.29, 0.717) is 43.1 Å². The zero-order valence-corrected chi connectivity index (χ0v) is 25.1. The van der Waals surface area contributed by atoms with Gasteiger partial charge in [-0.3, -0.25) is 18.2 Å². The van der Waals surface area contributed by atoms with Crippen LogP contribution >= 0.6 is 23.2 Å². The van der Waals surface area contributed by atoms with Crippen molar-refractivity contribution in [3.63, 3.8) is 0 Å². The number of benzene rings is 2. The van der Waals surface area contributed by atoms with E-state index in [1.54, 1.807) is 16.4 Å². The molecule has 1 aliphatic rings. The Morgan fingerprint density at radius 1 is 1.10 bits per heavy atom. The number of aliphatic hydroxyl groups excluding tert-OH is 1. The van der Waals surface area contributed by atoms with Crippen molar-refractivity contribution in [1.29, 1.82) is 0 Å². The summed E-state index contributed by atoms with van der Waals surface area (Å²) in [5, 5.41) is 20.9. The summed E-state index contributed by atoms with van der Waals surface area (Å²) in [5.74, 6) is 0.0214. The molecular weight excluding hydrogens is 536 g/mol. The van der Waals surface area contributed by atoms with Crippen molar-refractivity contribution in [2.45, 2.75) is 77.5 Å². The van der Waals surface area contributed by atoms with Gasteiger partial charge in [0.2, 0.25) is 0 Å². The first kappa shape index (κ1) is 33.2. The molecule has 2 aromatic rings. The number of hydrogen-bond acceptors (Lipinski definition) is 7. The number of amides is 1. The molecule has 0 aromatic heterocycles. The highest BCUT2D eigenvalue weighted by Gasteiger charge is 2.28. The van der Waals surface area contributed by atoms with Crippen LogP contribution in [0, 0.1) is 0 Å². The van der Waals surface area contributed by atoms with Crippen molar-refractivity contribution in [1.82, 2.24) is 10.6 Å². The molecule has 10 heteroatoms. The summed E-state index contributed by atoms with van der Waals surface area (Å²) in [6, 6.07) is 15.0. The lowest BCUT2D eigenvalue weighted by atomic mass is 10.00. The molecule has 6 N–H and O–H groups in total. The van der Waals surface area contributed by atoms with Gasteiger partial charge in [-0.25, -0.2) is 0 Å². The van der Waals surface area contributed by atoms with Crippen molar-refractivity contribution in [2.75, 3.05) is 35.0 Å². The molecule has 3 atom stereocenters. The third kappa shape index (κ3) is 10.2. The number of rotatable bonds is 14. The van der Waals surface area contributed by atoms with Gasteiger partial charge in [0.15, 0.2) is 0 Å². The van der Waals surface area contributed by atoms with Gasteiger partial charge in [0, 0.05) is 36.9 Å². The molecule has 39 heavy (non-hydrogen) atoms. The van der Waals surface area contributed by atoms with Crippen molar-refractivity contribution >= 4 is 40.5 Å². The van der Waals surface area contributed by atoms with Crippen molar-refractivity contribution in [2.24, 2.45) is 0 Å². The first-order chi connectivity index (χ1) is 18.2. The molecule has 1 saturated heterocycles. The van der Waals surface area contributed by atoms with Crippen LogP contribution in [0.2, 0.25) is 0 Å². The zero-order chi connectivity index (χ0) is 27.5. The highest BCUT2D eigenvalue weighted by Crippen LogP contribution is 2.50. The van der Waals surface area contributed by atoms with Crippen molar-refractivity contribution < 1.29 is 19.0 Å². The second-order valence-corrected chi connectivity index (χ2v) is 12.3. The number of aliphatic hydroxyl groups is 1. The minimum absolute atomic E-state index is 0. The maximum absolute atomic E-state index is 13.6. The van der Waals surface area contributed by atoms with E-state index in [1.807, 2.05) is 43.3 Å². The van der Waals surface area contributed by atoms with Crippen LogP contribution in [0.1, 0.15) is 68.8 Å². The van der Waals surface area contributed by atoms with E-state index < -0.39 is 22.9 Å². The van der Waals surface area contributed by atoms with Gasteiger partial charge in [-0.05, 0) is 63.3 Å². The first-order valence-electron chi connectivity index (χ1n) is 13.9. The highest BCUT2D eigenvalue weighted by atomic mass is 35.5. The summed E-state index contributed by atoms with van der Waals surface area (Å²) in [7, 11) is -2.92. The SMILES string of the molecule is CCCCC(C)NC[C@H](O)[C@H](Cc1ccccc1)NC(=O)c1cc(NCC)cc(N2CCCCS2(O)O)c1.Cl. The maximum atomic E-state index is 13.6. The predicted octanol–water partition coefficient (Wildman–Crippen LogP) is 5.68. The number of anilines is 2. The van der Waals surface area contributed by atoms with Crippen LogP contribution in [0.4, 0.5) is 11.4 Å². The Hall–Kier alpha value is -2.01. The van der Waals surface area contributed by atoms with Gasteiger partial charge in [0.25, 0.3) is 5.91 Å². The summed E-state index contributed by atoms with van der Waals surface area (Å²) in [6.45, 7) is 7.82. The van der Waals surface area contributed by atoms with E-state index in [2.05, 4.69) is 29.8 Å². The molecule has 2 aromatic carbocycles. The molecule has 8 nitrogen and oxygen atoms in total. The molecule has 0 spiro atoms. The Morgan fingerprint density at radius 2 is 1.85 bits per heavy atom. The third-order valence-corrected chi connectivity index (χ3v) is 8.91. The number of unbranched alkanes of at least 4 members (excludes halogenated alkanes) is 1. The minimum Gasteiger partial charge on any atom is -0.390 e. The largest absolute Gasteiger partial charge is 0.390 e. The van der Waals surface area contributed by atoms with E-state index in [4.69, 9.17) is 0 Å². The fourth-order valence-electron chi connectivity index (χ4n) is 4.78. The molecule has 1 heterocycles. The van der Waals surface area contributed by atoms with Crippen LogP contribution in [0.25, 0.3) is 0 Å². The van der Waals surface area contributed by atoms with E-state index in [-0.39, 0.29) is 24.4 Å². The molecule has 1 unspecified atom stereocenters. The van der Waals surface area contributed by atoms with Crippen LogP contribution in [-0.2, 0) is 6.42 Å². The predicted molar refractivity (Wildman–Crippen MR) is 167 cm³/mol. The number of nitrogens with one attached hydrogen (secondary N) is 3. The topological polar surface area (TPSA) is 117 Å². The summed E-state index contributed by atoms with van der Waals surface area (Å²) in [4.78, 5) is 13.6. The summed E-state index contributed by atoms with van der Waals surface area (Å²) < 4.78 is 23.0. The van der Waals surface area contributed by atoms with Crippen LogP contribution in [0.5, 0.6) is 0 Å². The standard InChI is InChI=1S/C29H46N4O4S.ClH/c1-4-6-12-22(3)31-21-28(34)27(17-23-13-8-7-9-14-23)32-29(35)24-18-25(30-5-2)20-26(19-24)33-15-10-11-16-38(33,36)37;/h7-9,13-14,18-20,22,27-28,30-31,34,36-37H,4-6,10-12,15-17,21H2,1-3H3,(H,32,35);1H/t22?,27-,28-;/m0./s1. The summed E-state index contributed by atoms with van der Waals surface area (Å²) >= 11 is 0. The van der Waals surface area contributed by atoms with Crippen molar-refractivity contribution in [3.05, 3.63) is 59.7 Å². The van der Waals surface area contributed by atoms with Crippen LogP contribution in [-0.4, -0.2) is 63.7 Å². The normalized spacial score (nSPS) is 17.8. The van der Waals surface area contributed by atoms with Gasteiger partial charge in [0.1, 0.15) is 0 Å². The first-order valence-corrected chi connectivity index (χ1v) is 15.6. The Labute approximate surface area is 241 Å². The molecule has 0 bridgehead atoms. The van der Waals surface area contributed by atoms with Gasteiger partial charge in [-0.1, -0.05) is 50.1 Å². The minimum atomic E-state index is -2.92. The number of carbonyl (C=O) groups is 1. The number of nitrogens with zero attached hydrogens (tertiary/aromatic N) is 1. The Balaban J connectivity index is 0.00000533. The molecule has 0 radical (unpaired) electrons. The van der Waals surface area contributed by atoms with Gasteiger partial charge in [-0.2, -0.15) is 0 Å². The average Bonchev–Trinajstić information content (AvgIpc) is 2.90. The molecule has 3 rings (SSSR count). The number of hydrogen-bond donors (Lipinski definition) is 6. The average molecular weight is 583 g/mol. The second-order valence-electron chi connectivity index (χ2n) is 10.2. The lowest BCUT2D eigenvalue weighted by molar-refractivity contribution is 0.0825. The highest BCUT2D eigenvalue weighted by molar-refractivity contribution is 8.25. The van der Waals surface area contributed by atoms with E-state index in [1.165, 1.54) is 0 Å². The van der Waals surface area contributed by atoms with E-state index >= 15 is 0 Å². The fraction of sp³-hybridized carbons (Fsp3) is 0.552. The smallest absolute Gasteiger partial charge is 0.251 e. The Bertz CT molecular complexity index is 1010. The van der Waals surface area contributed by atoms with Gasteiger partial charge < -0.3 is 21.1 Å². The molecule has 220 valence electrons. The van der Waals surface area contributed by atoms with Gasteiger partial charge in [-0.15, -0.1) is 23.2 Å². The van der Waals surface area contributed by atoms with E-state index in [9.17, 15) is 19.0 Å². The Morgan fingerprint density at radius 3 is 2.51 bits per heavy atom. The molecule has 1 fully saturated rings. The third-order valence-electron chi connectivity index (χ3n) is 6.98. The van der Waals surface area contributed by atoms with Gasteiger partial charge >= 0.3 is 0 Å². The monoisotopic (exact) mass is 582 g/mol. The molecule has 0 saturated carbocycles. The summed E-state index contributed by atoms with van der Waals surface area (Å²) in [6.07, 6.45) is 4.62. The Kier molecular flexibility index (Phi) is 13.9. The lowest BCUT2D eigenvalue weighted by Gasteiger charge is -2.47. The quantitative estimate of drug-likeness (QED) is 0.170. The van der Waals surface area contributed by atoms with Crippen LogP contribution in [0.15, 0.2) is 48.5 Å². The zero-order valence-electron chi connectivity index (χ0n) is 23.4. The molecule has 1 aliphatic heterocycles. The molecule has 1 amide bonds. The van der Waals surface area contributed by atoms with Crippen LogP contribution in [0.3, 0.4) is 0 Å². The maximum Gasteiger partial charge on any atom is 0.251 e. The molecule has 0 aliphatic carbocycles. The van der Waals surface area contributed by atoms with Crippen molar-refractivity contribution in [3.8, 4) is 0 Å². The van der Waals surface area contributed by atoms with E-state index in [0.717, 1.165) is 43.4 Å². The van der Waals surface area contributed by atoms with Gasteiger partial charge in [0.05, 0.1) is 23.6 Å². The fourth-order valence-corrected chi connectivity index (χ4v) is 6.45. The number of halogens is 1. The second kappa shape index (κ2) is 16.3. The van der Waals surface area contributed by atoms with Crippen LogP contribution < -0.4 is 20.3 Å². The molecular formula is C29H47ClN4O4S. The summed E-state index contributed by atoms with van der Waals surface area (Å²) in [5.41, 5.74) is 2.79. The lowest BCUT2D eigenvalue weighted by Crippen LogP contribution is -2.49.